The Hall–Kier alpha value is -0.810. The van der Waals surface area contributed by atoms with Crippen molar-refractivity contribution in [3.05, 3.63) is 31.8 Å². The fourth-order valence-corrected chi connectivity index (χ4v) is 2.63. The zero-order valence-corrected chi connectivity index (χ0v) is 10.7. The Bertz CT molecular complexity index is 593. The molecular formula is C9Cl4O4. The molecule has 0 saturated heterocycles. The summed E-state index contributed by atoms with van der Waals surface area (Å²) in [5.74, 6) is -1.96. The van der Waals surface area contributed by atoms with Crippen LogP contribution in [0.15, 0.2) is 0 Å². The van der Waals surface area contributed by atoms with Crippen LogP contribution >= 0.6 is 46.4 Å². The highest BCUT2D eigenvalue weighted by atomic mass is 35.5. The minimum absolute atomic E-state index is 0.256. The molecule has 4 nitrogen and oxygen atoms in total. The maximum absolute atomic E-state index is 11.4. The van der Waals surface area contributed by atoms with Crippen LogP contribution < -0.4 is 0 Å². The highest BCUT2D eigenvalue weighted by molar-refractivity contribution is 6.70. The van der Waals surface area contributed by atoms with Gasteiger partial charge in [-0.2, -0.15) is 0 Å². The van der Waals surface area contributed by atoms with Crippen LogP contribution in [0.2, 0.25) is 15.1 Å². The van der Waals surface area contributed by atoms with Gasteiger partial charge in [0.2, 0.25) is 0 Å². The highest BCUT2D eigenvalue weighted by Gasteiger charge is 2.38. The van der Waals surface area contributed by atoms with Crippen LogP contribution in [0, 0.1) is 0 Å². The van der Waals surface area contributed by atoms with Gasteiger partial charge in [0.1, 0.15) is 0 Å². The SMILES string of the molecule is O=C(Cl)c1c(Cl)c(Cl)c2c(c1Cl)C(=O)OC2=O. The van der Waals surface area contributed by atoms with E-state index in [1.807, 2.05) is 0 Å². The topological polar surface area (TPSA) is 60.4 Å². The number of ether oxygens (including phenoxy) is 1. The maximum Gasteiger partial charge on any atom is 0.348 e. The maximum atomic E-state index is 11.4. The molecule has 0 aliphatic carbocycles. The Labute approximate surface area is 114 Å². The van der Waals surface area contributed by atoms with Crippen LogP contribution in [0.3, 0.4) is 0 Å². The van der Waals surface area contributed by atoms with Crippen molar-refractivity contribution in [1.29, 1.82) is 0 Å². The molecule has 0 amide bonds. The lowest BCUT2D eigenvalue weighted by atomic mass is 10.1. The monoisotopic (exact) mass is 312 g/mol. The normalized spacial score (nSPS) is 13.6. The number of fused-ring (bicyclic) bond motifs is 1. The van der Waals surface area contributed by atoms with Crippen molar-refractivity contribution in [2.24, 2.45) is 0 Å². The molecular weight excluding hydrogens is 314 g/mol. The number of halogens is 4. The fourth-order valence-electron chi connectivity index (χ4n) is 1.40. The van der Waals surface area contributed by atoms with Crippen molar-refractivity contribution in [2.75, 3.05) is 0 Å². The van der Waals surface area contributed by atoms with E-state index in [2.05, 4.69) is 4.74 Å². The molecule has 88 valence electrons. The van der Waals surface area contributed by atoms with Gasteiger partial charge in [-0.1, -0.05) is 34.8 Å². The van der Waals surface area contributed by atoms with E-state index >= 15 is 0 Å². The molecule has 0 aromatic heterocycles. The van der Waals surface area contributed by atoms with Gasteiger partial charge in [-0.15, -0.1) is 0 Å². The van der Waals surface area contributed by atoms with Gasteiger partial charge in [0.25, 0.3) is 5.24 Å². The van der Waals surface area contributed by atoms with E-state index < -0.39 is 17.2 Å². The zero-order chi connectivity index (χ0) is 12.9. The van der Waals surface area contributed by atoms with Crippen LogP contribution in [0.25, 0.3) is 0 Å². The van der Waals surface area contributed by atoms with Gasteiger partial charge in [-0.05, 0) is 11.6 Å². The summed E-state index contributed by atoms with van der Waals surface area (Å²) in [7, 11) is 0. The molecule has 2 rings (SSSR count). The van der Waals surface area contributed by atoms with E-state index in [0.29, 0.717) is 0 Å². The van der Waals surface area contributed by atoms with Crippen molar-refractivity contribution in [3.8, 4) is 0 Å². The lowest BCUT2D eigenvalue weighted by Crippen LogP contribution is -2.02. The summed E-state index contributed by atoms with van der Waals surface area (Å²) in [6.07, 6.45) is 0. The molecule has 0 fully saturated rings. The number of esters is 2. The summed E-state index contributed by atoms with van der Waals surface area (Å²) in [6.45, 7) is 0. The molecule has 0 atom stereocenters. The Balaban J connectivity index is 2.94. The molecule has 17 heavy (non-hydrogen) atoms. The number of rotatable bonds is 1. The lowest BCUT2D eigenvalue weighted by molar-refractivity contribution is 0.0444. The zero-order valence-electron chi connectivity index (χ0n) is 7.64. The summed E-state index contributed by atoms with van der Waals surface area (Å²) in [5, 5.41) is -1.91. The molecule has 8 heteroatoms. The molecule has 1 aromatic carbocycles. The molecule has 1 heterocycles. The Kier molecular flexibility index (Phi) is 3.08. The molecule has 0 N–H and O–H groups in total. The first-order valence-electron chi connectivity index (χ1n) is 4.03. The van der Waals surface area contributed by atoms with E-state index in [4.69, 9.17) is 46.4 Å². The van der Waals surface area contributed by atoms with E-state index in [1.54, 1.807) is 0 Å². The second-order valence-corrected chi connectivity index (χ2v) is 4.49. The van der Waals surface area contributed by atoms with Crippen molar-refractivity contribution in [3.63, 3.8) is 0 Å². The van der Waals surface area contributed by atoms with Crippen LogP contribution in [0.4, 0.5) is 0 Å². The second-order valence-electron chi connectivity index (χ2n) is 3.02. The molecule has 0 spiro atoms. The third kappa shape index (κ3) is 1.72. The molecule has 1 aromatic rings. The third-order valence-corrected chi connectivity index (χ3v) is 3.53. The average molecular weight is 314 g/mol. The summed E-state index contributed by atoms with van der Waals surface area (Å²) >= 11 is 22.6. The number of hydrogen-bond donors (Lipinski definition) is 0. The van der Waals surface area contributed by atoms with E-state index in [0.717, 1.165) is 0 Å². The molecule has 1 aliphatic heterocycles. The third-order valence-electron chi connectivity index (χ3n) is 2.11. The van der Waals surface area contributed by atoms with E-state index in [-0.39, 0.29) is 31.8 Å². The Morgan fingerprint density at radius 3 is 1.82 bits per heavy atom. The minimum Gasteiger partial charge on any atom is -0.386 e. The summed E-state index contributed by atoms with van der Waals surface area (Å²) < 4.78 is 4.32. The predicted octanol–water partition coefficient (Wildman–Crippen LogP) is 3.34. The van der Waals surface area contributed by atoms with E-state index in [9.17, 15) is 14.4 Å². The Morgan fingerprint density at radius 1 is 0.882 bits per heavy atom. The summed E-state index contributed by atoms with van der Waals surface area (Å²) in [5.41, 5.74) is -0.881. The number of hydrogen-bond acceptors (Lipinski definition) is 4. The van der Waals surface area contributed by atoms with Gasteiger partial charge in [0, 0.05) is 0 Å². The Morgan fingerprint density at radius 2 is 1.35 bits per heavy atom. The lowest BCUT2D eigenvalue weighted by Gasteiger charge is -2.07. The van der Waals surface area contributed by atoms with Gasteiger partial charge in [0.15, 0.2) is 0 Å². The molecule has 0 bridgehead atoms. The molecule has 0 saturated carbocycles. The quantitative estimate of drug-likeness (QED) is 0.345. The second kappa shape index (κ2) is 4.14. The summed E-state index contributed by atoms with van der Waals surface area (Å²) in [6, 6.07) is 0. The van der Waals surface area contributed by atoms with Crippen LogP contribution in [0.1, 0.15) is 31.1 Å². The van der Waals surface area contributed by atoms with Gasteiger partial charge in [0.05, 0.1) is 31.8 Å². The minimum atomic E-state index is -0.993. The first-order chi connectivity index (χ1) is 7.86. The van der Waals surface area contributed by atoms with Gasteiger partial charge < -0.3 is 4.74 Å². The molecule has 0 unspecified atom stereocenters. The van der Waals surface area contributed by atoms with Crippen molar-refractivity contribution in [1.82, 2.24) is 0 Å². The fraction of sp³-hybridized carbons (Fsp3) is 0. The van der Waals surface area contributed by atoms with Crippen molar-refractivity contribution >= 4 is 63.6 Å². The molecule has 0 radical (unpaired) electrons. The van der Waals surface area contributed by atoms with Gasteiger partial charge >= 0.3 is 11.9 Å². The van der Waals surface area contributed by atoms with Gasteiger partial charge in [-0.25, -0.2) is 9.59 Å². The van der Waals surface area contributed by atoms with Crippen LogP contribution in [-0.2, 0) is 4.74 Å². The van der Waals surface area contributed by atoms with Crippen LogP contribution in [0.5, 0.6) is 0 Å². The molecule has 1 aliphatic rings. The summed E-state index contributed by atoms with van der Waals surface area (Å²) in [4.78, 5) is 33.8. The smallest absolute Gasteiger partial charge is 0.348 e. The van der Waals surface area contributed by atoms with Crippen LogP contribution in [-0.4, -0.2) is 17.2 Å². The average Bonchev–Trinajstić information content (AvgIpc) is 2.50. The largest absolute Gasteiger partial charge is 0.386 e. The first kappa shape index (κ1) is 12.6. The first-order valence-corrected chi connectivity index (χ1v) is 5.54. The number of carbonyl (C=O) groups is 3. The number of cyclic esters (lactones) is 2. The predicted molar refractivity (Wildman–Crippen MR) is 61.4 cm³/mol. The van der Waals surface area contributed by atoms with Gasteiger partial charge in [-0.3, -0.25) is 4.79 Å². The highest BCUT2D eigenvalue weighted by Crippen LogP contribution is 2.42. The van der Waals surface area contributed by atoms with Crippen molar-refractivity contribution < 1.29 is 19.1 Å². The number of carbonyl (C=O) groups excluding carboxylic acids is 3. The number of benzene rings is 1. The van der Waals surface area contributed by atoms with E-state index in [1.165, 1.54) is 0 Å². The van der Waals surface area contributed by atoms with Crippen molar-refractivity contribution in [2.45, 2.75) is 0 Å². The standard InChI is InChI=1S/C9Cl4O4/c10-4-1-2(9(16)17-8(1)15)5(11)6(12)3(4)7(13)14.